The van der Waals surface area contributed by atoms with Crippen LogP contribution < -0.4 is 5.32 Å². The van der Waals surface area contributed by atoms with Crippen molar-refractivity contribution in [2.24, 2.45) is 0 Å². The van der Waals surface area contributed by atoms with Crippen molar-refractivity contribution in [3.63, 3.8) is 0 Å². The summed E-state index contributed by atoms with van der Waals surface area (Å²) < 4.78 is 0. The molecule has 0 aliphatic rings. The maximum Gasteiger partial charge on any atom is 0.0992 e. The predicted octanol–water partition coefficient (Wildman–Crippen LogP) is 4.20. The molecule has 2 nitrogen and oxygen atoms in total. The Hall–Kier alpha value is -1.20. The number of hydrogen-bond acceptors (Lipinski definition) is 2. The first-order chi connectivity index (χ1) is 7.77. The van der Waals surface area contributed by atoms with Crippen molar-refractivity contribution in [2.75, 3.05) is 11.9 Å². The Morgan fingerprint density at radius 3 is 2.75 bits per heavy atom. The Bertz CT molecular complexity index is 369. The van der Waals surface area contributed by atoms with Gasteiger partial charge in [0.05, 0.1) is 22.3 Å². The van der Waals surface area contributed by atoms with Gasteiger partial charge in [-0.05, 0) is 24.6 Å². The maximum atomic E-state index is 8.70. The third-order valence-corrected chi connectivity index (χ3v) is 2.76. The lowest BCUT2D eigenvalue weighted by molar-refractivity contribution is 0.685. The minimum atomic E-state index is 0.599. The fourth-order valence-electron chi connectivity index (χ4n) is 1.50. The van der Waals surface area contributed by atoms with Crippen LogP contribution in [0, 0.1) is 11.3 Å². The maximum absolute atomic E-state index is 8.70. The number of benzene rings is 1. The van der Waals surface area contributed by atoms with Gasteiger partial charge in [-0.1, -0.05) is 37.8 Å². The quantitative estimate of drug-likeness (QED) is 0.752. The van der Waals surface area contributed by atoms with E-state index in [2.05, 4.69) is 18.3 Å². The summed E-state index contributed by atoms with van der Waals surface area (Å²) in [6.45, 7) is 3.14. The topological polar surface area (TPSA) is 35.8 Å². The van der Waals surface area contributed by atoms with Crippen molar-refractivity contribution in [1.29, 1.82) is 5.26 Å². The second-order valence-corrected chi connectivity index (χ2v) is 4.20. The second kappa shape index (κ2) is 7.14. The van der Waals surface area contributed by atoms with Crippen molar-refractivity contribution in [1.82, 2.24) is 0 Å². The number of nitrogens with one attached hydrogen (secondary N) is 1. The summed E-state index contributed by atoms with van der Waals surface area (Å²) in [6, 6.07) is 7.40. The molecule has 0 spiro atoms. The van der Waals surface area contributed by atoms with E-state index in [1.54, 1.807) is 12.1 Å². The molecular formula is C13H17ClN2. The molecule has 1 N–H and O–H groups in total. The molecule has 0 saturated heterocycles. The fraction of sp³-hybridized carbons (Fsp3) is 0.462. The number of nitriles is 1. The molecule has 0 radical (unpaired) electrons. The summed E-state index contributed by atoms with van der Waals surface area (Å²) in [4.78, 5) is 0. The summed E-state index contributed by atoms with van der Waals surface area (Å²) in [5.74, 6) is 0. The minimum Gasteiger partial charge on any atom is -0.384 e. The molecule has 0 bridgehead atoms. The lowest BCUT2D eigenvalue weighted by Gasteiger charge is -2.08. The zero-order valence-electron chi connectivity index (χ0n) is 9.59. The molecule has 0 unspecified atom stereocenters. The van der Waals surface area contributed by atoms with Gasteiger partial charge in [-0.2, -0.15) is 5.26 Å². The van der Waals surface area contributed by atoms with Crippen LogP contribution >= 0.6 is 11.6 Å². The average Bonchev–Trinajstić information content (AvgIpc) is 2.30. The SMILES string of the molecule is CCCCCCNc1ccc(C#N)cc1Cl. The molecule has 0 aromatic heterocycles. The van der Waals surface area contributed by atoms with Gasteiger partial charge < -0.3 is 5.32 Å². The third-order valence-electron chi connectivity index (χ3n) is 2.44. The van der Waals surface area contributed by atoms with E-state index in [1.807, 2.05) is 6.07 Å². The molecule has 0 fully saturated rings. The van der Waals surface area contributed by atoms with E-state index in [1.165, 1.54) is 19.3 Å². The van der Waals surface area contributed by atoms with Crippen LogP contribution in [0.15, 0.2) is 18.2 Å². The molecule has 3 heteroatoms. The average molecular weight is 237 g/mol. The predicted molar refractivity (Wildman–Crippen MR) is 68.8 cm³/mol. The van der Waals surface area contributed by atoms with Crippen LogP contribution in [-0.2, 0) is 0 Å². The summed E-state index contributed by atoms with van der Waals surface area (Å²) in [6.07, 6.45) is 4.93. The van der Waals surface area contributed by atoms with Gasteiger partial charge in [0.25, 0.3) is 0 Å². The molecule has 0 aliphatic heterocycles. The zero-order valence-corrected chi connectivity index (χ0v) is 10.3. The van der Waals surface area contributed by atoms with E-state index in [4.69, 9.17) is 16.9 Å². The molecule has 0 heterocycles. The van der Waals surface area contributed by atoms with Crippen molar-refractivity contribution in [3.05, 3.63) is 28.8 Å². The molecule has 1 rings (SSSR count). The number of rotatable bonds is 6. The Kier molecular flexibility index (Phi) is 5.74. The Morgan fingerprint density at radius 2 is 2.12 bits per heavy atom. The molecule has 1 aromatic carbocycles. The van der Waals surface area contributed by atoms with Gasteiger partial charge in [-0.25, -0.2) is 0 Å². The first-order valence-corrected chi connectivity index (χ1v) is 6.09. The smallest absolute Gasteiger partial charge is 0.0992 e. The third kappa shape index (κ3) is 4.12. The summed E-state index contributed by atoms with van der Waals surface area (Å²) in [5, 5.41) is 12.6. The van der Waals surface area contributed by atoms with Gasteiger partial charge >= 0.3 is 0 Å². The van der Waals surface area contributed by atoms with Gasteiger partial charge in [0.15, 0.2) is 0 Å². The molecule has 0 saturated carbocycles. The first kappa shape index (κ1) is 12.9. The Morgan fingerprint density at radius 1 is 1.31 bits per heavy atom. The van der Waals surface area contributed by atoms with E-state index in [-0.39, 0.29) is 0 Å². The van der Waals surface area contributed by atoms with Crippen LogP contribution in [0.3, 0.4) is 0 Å². The molecule has 16 heavy (non-hydrogen) atoms. The summed E-state index contributed by atoms with van der Waals surface area (Å²) >= 11 is 6.03. The van der Waals surface area contributed by atoms with Gasteiger partial charge in [0, 0.05) is 6.54 Å². The highest BCUT2D eigenvalue weighted by Crippen LogP contribution is 2.22. The monoisotopic (exact) mass is 236 g/mol. The summed E-state index contributed by atoms with van der Waals surface area (Å²) in [7, 11) is 0. The van der Waals surface area contributed by atoms with Crippen LogP contribution in [0.25, 0.3) is 0 Å². The number of anilines is 1. The van der Waals surface area contributed by atoms with E-state index in [0.29, 0.717) is 10.6 Å². The number of halogens is 1. The van der Waals surface area contributed by atoms with Crippen molar-refractivity contribution in [2.45, 2.75) is 32.6 Å². The molecule has 0 atom stereocenters. The van der Waals surface area contributed by atoms with Crippen LogP contribution in [-0.4, -0.2) is 6.54 Å². The second-order valence-electron chi connectivity index (χ2n) is 3.79. The van der Waals surface area contributed by atoms with E-state index in [0.717, 1.165) is 18.7 Å². The lowest BCUT2D eigenvalue weighted by Crippen LogP contribution is -2.01. The highest BCUT2D eigenvalue weighted by molar-refractivity contribution is 6.33. The first-order valence-electron chi connectivity index (χ1n) is 5.71. The Labute approximate surface area is 102 Å². The molecule has 0 aliphatic carbocycles. The van der Waals surface area contributed by atoms with Gasteiger partial charge in [-0.3, -0.25) is 0 Å². The number of hydrogen-bond donors (Lipinski definition) is 1. The Balaban J connectivity index is 2.40. The van der Waals surface area contributed by atoms with Crippen molar-refractivity contribution >= 4 is 17.3 Å². The largest absolute Gasteiger partial charge is 0.384 e. The van der Waals surface area contributed by atoms with Crippen LogP contribution in [0.2, 0.25) is 5.02 Å². The van der Waals surface area contributed by atoms with Crippen molar-refractivity contribution < 1.29 is 0 Å². The molecule has 1 aromatic rings. The highest BCUT2D eigenvalue weighted by Gasteiger charge is 2.00. The van der Waals surface area contributed by atoms with E-state index >= 15 is 0 Å². The number of nitrogens with zero attached hydrogens (tertiary/aromatic N) is 1. The van der Waals surface area contributed by atoms with Gasteiger partial charge in [0.1, 0.15) is 0 Å². The molecular weight excluding hydrogens is 220 g/mol. The van der Waals surface area contributed by atoms with E-state index in [9.17, 15) is 0 Å². The lowest BCUT2D eigenvalue weighted by atomic mass is 10.2. The van der Waals surface area contributed by atoms with Gasteiger partial charge in [-0.15, -0.1) is 0 Å². The highest BCUT2D eigenvalue weighted by atomic mass is 35.5. The van der Waals surface area contributed by atoms with Crippen LogP contribution in [0.4, 0.5) is 5.69 Å². The standard InChI is InChI=1S/C13H17ClN2/c1-2-3-4-5-8-16-13-7-6-11(10-15)9-12(13)14/h6-7,9,16H,2-5,8H2,1H3. The van der Waals surface area contributed by atoms with Crippen molar-refractivity contribution in [3.8, 4) is 6.07 Å². The summed E-state index contributed by atoms with van der Waals surface area (Å²) in [5.41, 5.74) is 1.51. The number of unbranched alkanes of at least 4 members (excludes halogenated alkanes) is 3. The van der Waals surface area contributed by atoms with Crippen LogP contribution in [0.5, 0.6) is 0 Å². The molecule has 86 valence electrons. The normalized spacial score (nSPS) is 9.81. The van der Waals surface area contributed by atoms with Gasteiger partial charge in [0.2, 0.25) is 0 Å². The van der Waals surface area contributed by atoms with E-state index < -0.39 is 0 Å². The minimum absolute atomic E-state index is 0.599. The zero-order chi connectivity index (χ0) is 11.8. The molecule has 0 amide bonds. The fourth-order valence-corrected chi connectivity index (χ4v) is 1.75. The van der Waals surface area contributed by atoms with Crippen LogP contribution in [0.1, 0.15) is 38.2 Å².